The monoisotopic (exact) mass is 419 g/mol. The predicted molar refractivity (Wildman–Crippen MR) is 107 cm³/mol. The van der Waals surface area contributed by atoms with Gasteiger partial charge in [-0.15, -0.1) is 0 Å². The van der Waals surface area contributed by atoms with Crippen molar-refractivity contribution in [2.45, 2.75) is 32.4 Å². The minimum Gasteiger partial charge on any atom is -0.339 e. The Morgan fingerprint density at radius 2 is 1.87 bits per heavy atom. The maximum Gasteiger partial charge on any atom is 0.332 e. The van der Waals surface area contributed by atoms with E-state index in [0.717, 1.165) is 16.7 Å². The number of aryl methyl sites for hydroxylation is 2. The van der Waals surface area contributed by atoms with Crippen LogP contribution in [0.3, 0.4) is 0 Å². The topological polar surface area (TPSA) is 82.1 Å². The minimum absolute atomic E-state index is 0.169. The second-order valence-corrected chi connectivity index (χ2v) is 7.27. The third-order valence-corrected chi connectivity index (χ3v) is 5.41. The molecule has 3 rings (SSSR count). The number of carbonyl (C=O) groups excluding carboxylic acids is 1. The summed E-state index contributed by atoms with van der Waals surface area (Å²) < 4.78 is 30.5. The molecule has 0 aliphatic carbocycles. The lowest BCUT2D eigenvalue weighted by Gasteiger charge is -2.25. The first kappa shape index (κ1) is 21.4. The summed E-state index contributed by atoms with van der Waals surface area (Å²) in [7, 11) is 4.55. The second kappa shape index (κ2) is 8.21. The largest absolute Gasteiger partial charge is 0.339 e. The Bertz CT molecular complexity index is 1230. The van der Waals surface area contributed by atoms with Gasteiger partial charge in [-0.3, -0.25) is 18.7 Å². The summed E-state index contributed by atoms with van der Waals surface area (Å²) in [6, 6.07) is 3.15. The van der Waals surface area contributed by atoms with Crippen LogP contribution in [0.1, 0.15) is 31.4 Å². The number of amides is 1. The standard InChI is InChI=1S/C20H23F2N5O3/c1-12(13-7-8-14(21)15(22)10-13)24(2)16(28)6-5-9-27-11-23-18-17(27)19(29)26(4)20(30)25(18)3/h7-8,10-12H,5-6,9H2,1-4H3. The Hall–Kier alpha value is -3.30. The predicted octanol–water partition coefficient (Wildman–Crippen LogP) is 1.71. The zero-order valence-corrected chi connectivity index (χ0v) is 17.2. The van der Waals surface area contributed by atoms with Crippen LogP contribution >= 0.6 is 0 Å². The molecular formula is C20H23F2N5O3. The molecule has 1 aromatic carbocycles. The summed E-state index contributed by atoms with van der Waals surface area (Å²) in [4.78, 5) is 42.6. The maximum absolute atomic E-state index is 13.5. The van der Waals surface area contributed by atoms with Crippen molar-refractivity contribution in [3.05, 3.63) is 62.6 Å². The van der Waals surface area contributed by atoms with E-state index in [1.807, 2.05) is 0 Å². The van der Waals surface area contributed by atoms with Gasteiger partial charge in [-0.1, -0.05) is 6.07 Å². The molecule has 0 spiro atoms. The Morgan fingerprint density at radius 1 is 1.17 bits per heavy atom. The average molecular weight is 419 g/mol. The molecule has 0 bridgehead atoms. The molecule has 0 radical (unpaired) electrons. The van der Waals surface area contributed by atoms with Crippen LogP contribution in [-0.4, -0.2) is 36.5 Å². The Labute approximate surface area is 171 Å². The van der Waals surface area contributed by atoms with Gasteiger partial charge in [0, 0.05) is 34.1 Å². The van der Waals surface area contributed by atoms with Crippen LogP contribution in [0.15, 0.2) is 34.1 Å². The fraction of sp³-hybridized carbons (Fsp3) is 0.400. The van der Waals surface area contributed by atoms with Crippen molar-refractivity contribution in [3.8, 4) is 0 Å². The smallest absolute Gasteiger partial charge is 0.332 e. The van der Waals surface area contributed by atoms with Gasteiger partial charge in [0.15, 0.2) is 22.8 Å². The van der Waals surface area contributed by atoms with E-state index in [9.17, 15) is 23.2 Å². The summed E-state index contributed by atoms with van der Waals surface area (Å²) in [6.45, 7) is 2.10. The number of fused-ring (bicyclic) bond motifs is 1. The maximum atomic E-state index is 13.5. The summed E-state index contributed by atoms with van der Waals surface area (Å²) in [6.07, 6.45) is 2.10. The van der Waals surface area contributed by atoms with Gasteiger partial charge in [0.05, 0.1) is 12.4 Å². The highest BCUT2D eigenvalue weighted by Gasteiger charge is 2.19. The first-order chi connectivity index (χ1) is 14.1. The summed E-state index contributed by atoms with van der Waals surface area (Å²) >= 11 is 0. The van der Waals surface area contributed by atoms with Gasteiger partial charge >= 0.3 is 5.69 Å². The Morgan fingerprint density at radius 3 is 2.53 bits per heavy atom. The molecular weight excluding hydrogens is 396 g/mol. The van der Waals surface area contributed by atoms with E-state index in [4.69, 9.17) is 0 Å². The van der Waals surface area contributed by atoms with Gasteiger partial charge in [0.25, 0.3) is 5.56 Å². The molecule has 0 N–H and O–H groups in total. The van der Waals surface area contributed by atoms with Gasteiger partial charge in [-0.25, -0.2) is 18.6 Å². The lowest BCUT2D eigenvalue weighted by molar-refractivity contribution is -0.131. The van der Waals surface area contributed by atoms with Gasteiger partial charge in [-0.2, -0.15) is 0 Å². The number of halogens is 2. The molecule has 0 saturated heterocycles. The van der Waals surface area contributed by atoms with Crippen LogP contribution in [0, 0.1) is 11.6 Å². The minimum atomic E-state index is -0.955. The third-order valence-electron chi connectivity index (χ3n) is 5.41. The number of hydrogen-bond donors (Lipinski definition) is 0. The number of aromatic nitrogens is 4. The molecule has 1 atom stereocenters. The van der Waals surface area contributed by atoms with Gasteiger partial charge in [-0.05, 0) is 31.0 Å². The first-order valence-corrected chi connectivity index (χ1v) is 9.45. The molecule has 2 heterocycles. The van der Waals surface area contributed by atoms with Crippen molar-refractivity contribution in [1.29, 1.82) is 0 Å². The molecule has 3 aromatic rings. The molecule has 0 fully saturated rings. The van der Waals surface area contributed by atoms with Crippen molar-refractivity contribution < 1.29 is 13.6 Å². The average Bonchev–Trinajstić information content (AvgIpc) is 3.15. The summed E-state index contributed by atoms with van der Waals surface area (Å²) in [5.74, 6) is -2.06. The van der Waals surface area contributed by atoms with Crippen LogP contribution in [0.5, 0.6) is 0 Å². The summed E-state index contributed by atoms with van der Waals surface area (Å²) in [5, 5.41) is 0. The molecule has 2 aromatic heterocycles. The quantitative estimate of drug-likeness (QED) is 0.609. The number of nitrogens with zero attached hydrogens (tertiary/aromatic N) is 5. The molecule has 160 valence electrons. The summed E-state index contributed by atoms with van der Waals surface area (Å²) in [5.41, 5.74) is 0.186. The molecule has 30 heavy (non-hydrogen) atoms. The molecule has 0 saturated carbocycles. The van der Waals surface area contributed by atoms with Gasteiger partial charge in [0.1, 0.15) is 0 Å². The first-order valence-electron chi connectivity index (χ1n) is 9.45. The highest BCUT2D eigenvalue weighted by atomic mass is 19.2. The lowest BCUT2D eigenvalue weighted by Crippen LogP contribution is -2.37. The molecule has 10 heteroatoms. The fourth-order valence-corrected chi connectivity index (χ4v) is 3.36. The van der Waals surface area contributed by atoms with E-state index in [-0.39, 0.29) is 12.3 Å². The van der Waals surface area contributed by atoms with E-state index in [2.05, 4.69) is 4.98 Å². The van der Waals surface area contributed by atoms with Crippen LogP contribution in [0.4, 0.5) is 8.78 Å². The van der Waals surface area contributed by atoms with Crippen LogP contribution in [0.2, 0.25) is 0 Å². The van der Waals surface area contributed by atoms with Crippen molar-refractivity contribution in [2.24, 2.45) is 14.1 Å². The normalized spacial score (nSPS) is 12.3. The lowest BCUT2D eigenvalue weighted by atomic mass is 10.1. The molecule has 1 amide bonds. The van der Waals surface area contributed by atoms with E-state index >= 15 is 0 Å². The van der Waals surface area contributed by atoms with Gasteiger partial charge < -0.3 is 9.47 Å². The molecule has 8 nitrogen and oxygen atoms in total. The van der Waals surface area contributed by atoms with Crippen LogP contribution in [0.25, 0.3) is 11.2 Å². The number of imidazole rings is 1. The number of hydrogen-bond acceptors (Lipinski definition) is 4. The SMILES string of the molecule is CC(c1ccc(F)c(F)c1)N(C)C(=O)CCCn1cnc2c1c(=O)n(C)c(=O)n2C. The van der Waals surface area contributed by atoms with E-state index < -0.39 is 28.9 Å². The van der Waals surface area contributed by atoms with Crippen molar-refractivity contribution in [2.75, 3.05) is 7.05 Å². The third kappa shape index (κ3) is 3.77. The van der Waals surface area contributed by atoms with E-state index in [0.29, 0.717) is 29.7 Å². The highest BCUT2D eigenvalue weighted by Crippen LogP contribution is 2.22. The second-order valence-electron chi connectivity index (χ2n) is 7.27. The van der Waals surface area contributed by atoms with Crippen molar-refractivity contribution >= 4 is 17.1 Å². The van der Waals surface area contributed by atoms with E-state index in [1.165, 1.54) is 28.9 Å². The van der Waals surface area contributed by atoms with Gasteiger partial charge in [0.2, 0.25) is 5.91 Å². The molecule has 0 aliphatic heterocycles. The molecule has 0 aliphatic rings. The Kier molecular flexibility index (Phi) is 5.86. The van der Waals surface area contributed by atoms with E-state index in [1.54, 1.807) is 25.6 Å². The van der Waals surface area contributed by atoms with Crippen LogP contribution < -0.4 is 11.2 Å². The number of rotatable bonds is 6. The zero-order valence-electron chi connectivity index (χ0n) is 17.2. The zero-order chi connectivity index (χ0) is 22.2. The fourth-order valence-electron chi connectivity index (χ4n) is 3.36. The van der Waals surface area contributed by atoms with Crippen LogP contribution in [-0.2, 0) is 25.4 Å². The Balaban J connectivity index is 1.69. The highest BCUT2D eigenvalue weighted by molar-refractivity contribution is 5.76. The number of benzene rings is 1. The number of carbonyl (C=O) groups is 1. The van der Waals surface area contributed by atoms with Crippen molar-refractivity contribution in [1.82, 2.24) is 23.6 Å². The molecule has 1 unspecified atom stereocenters. The van der Waals surface area contributed by atoms with Crippen molar-refractivity contribution in [3.63, 3.8) is 0 Å².